The molecule has 4 bridgehead atoms. The maximum Gasteiger partial charge on any atom is 0.274 e. The van der Waals surface area contributed by atoms with Crippen LogP contribution < -0.4 is 10.3 Å². The summed E-state index contributed by atoms with van der Waals surface area (Å²) in [6.45, 7) is -2.72. The summed E-state index contributed by atoms with van der Waals surface area (Å²) in [5, 5.41) is 11.0. The molecule has 4 aliphatic rings. The molecule has 2 heterocycles. The van der Waals surface area contributed by atoms with E-state index in [1.165, 1.54) is 18.3 Å². The number of nitrogens with zero attached hydrogens (tertiary/aromatic N) is 1. The van der Waals surface area contributed by atoms with Crippen molar-refractivity contribution in [2.45, 2.75) is 42.8 Å². The summed E-state index contributed by atoms with van der Waals surface area (Å²) in [6.07, 6.45) is 7.27. The Morgan fingerprint density at radius 1 is 1.09 bits per heavy atom. The van der Waals surface area contributed by atoms with Gasteiger partial charge in [-0.05, 0) is 73.6 Å². The van der Waals surface area contributed by atoms with Crippen LogP contribution in [0.15, 0.2) is 46.3 Å². The number of sulfone groups is 1. The van der Waals surface area contributed by atoms with Gasteiger partial charge in [-0.15, -0.1) is 0 Å². The van der Waals surface area contributed by atoms with Gasteiger partial charge in [-0.3, -0.25) is 4.79 Å². The summed E-state index contributed by atoms with van der Waals surface area (Å²) in [7, 11) is -3.56. The van der Waals surface area contributed by atoms with Crippen molar-refractivity contribution in [3.63, 3.8) is 0 Å². The zero-order valence-corrected chi connectivity index (χ0v) is 19.0. The van der Waals surface area contributed by atoms with Gasteiger partial charge in [0, 0.05) is 46.3 Å². The topological polar surface area (TPSA) is 101 Å². The lowest BCUT2D eigenvalue weighted by Crippen LogP contribution is -2.56. The summed E-state index contributed by atoms with van der Waals surface area (Å²) in [5.74, 6) is 1.69. The molecular formula is C25H28N2O5S. The van der Waals surface area contributed by atoms with Gasteiger partial charge in [0.05, 0.1) is 11.0 Å². The van der Waals surface area contributed by atoms with Crippen molar-refractivity contribution < 1.29 is 22.4 Å². The van der Waals surface area contributed by atoms with Crippen molar-refractivity contribution in [2.75, 3.05) is 6.26 Å². The summed E-state index contributed by atoms with van der Waals surface area (Å²) in [6, 6.07) is 6.31. The number of pyridine rings is 1. The first-order chi connectivity index (χ1) is 16.9. The van der Waals surface area contributed by atoms with Crippen molar-refractivity contribution >= 4 is 20.7 Å². The molecule has 1 aromatic carbocycles. The van der Waals surface area contributed by atoms with Crippen LogP contribution in [-0.4, -0.2) is 41.5 Å². The van der Waals surface area contributed by atoms with Gasteiger partial charge < -0.3 is 19.4 Å². The molecule has 7 nitrogen and oxygen atoms in total. The Labute approximate surface area is 196 Å². The highest BCUT2D eigenvalue weighted by molar-refractivity contribution is 7.90. The summed E-state index contributed by atoms with van der Waals surface area (Å²) >= 11 is 0. The molecule has 4 fully saturated rings. The molecule has 0 unspecified atom stereocenters. The van der Waals surface area contributed by atoms with Crippen LogP contribution in [0.2, 0.25) is 0 Å². The zero-order chi connectivity index (χ0) is 25.6. The van der Waals surface area contributed by atoms with E-state index in [1.54, 1.807) is 18.3 Å². The number of aromatic amines is 1. The van der Waals surface area contributed by atoms with Crippen molar-refractivity contribution in [1.82, 2.24) is 9.55 Å². The van der Waals surface area contributed by atoms with E-state index >= 15 is 0 Å². The highest BCUT2D eigenvalue weighted by Crippen LogP contribution is 2.55. The summed E-state index contributed by atoms with van der Waals surface area (Å²) in [5.41, 5.74) is 0.277. The van der Waals surface area contributed by atoms with E-state index in [0.29, 0.717) is 50.5 Å². The van der Waals surface area contributed by atoms with Gasteiger partial charge in [-0.2, -0.15) is 0 Å². The molecule has 0 amide bonds. The van der Waals surface area contributed by atoms with E-state index in [4.69, 9.17) is 8.85 Å². The predicted molar refractivity (Wildman–Crippen MR) is 125 cm³/mol. The standard InChI is InChI=1S/C25H28N2O5S/c1-27-12-20(18-5-6-26-22(18)25(27)29)19-11-17(33(2,30)31)3-4-21(19)32-24-15-7-13-8-16(24)10-14(9-15)23(13)28/h3-6,11-16,23-24,26,28H,7-10H2,1-2H3/i1D3. The number of benzene rings is 1. The fraction of sp³-hybridized carbons (Fsp3) is 0.480. The Bertz CT molecular complexity index is 1490. The van der Waals surface area contributed by atoms with Gasteiger partial charge >= 0.3 is 0 Å². The Kier molecular flexibility index (Phi) is 3.90. The minimum Gasteiger partial charge on any atom is -0.489 e. The molecule has 0 radical (unpaired) electrons. The molecule has 4 aliphatic carbocycles. The minimum absolute atomic E-state index is 0.0666. The molecule has 4 saturated carbocycles. The Hall–Kier alpha value is -2.58. The third-order valence-electron chi connectivity index (χ3n) is 7.98. The number of hydrogen-bond donors (Lipinski definition) is 2. The van der Waals surface area contributed by atoms with E-state index in [-0.39, 0.29) is 22.6 Å². The first kappa shape index (κ1) is 17.8. The molecule has 174 valence electrons. The number of rotatable bonds is 4. The van der Waals surface area contributed by atoms with Gasteiger partial charge in [-0.1, -0.05) is 0 Å². The molecule has 3 aromatic rings. The Morgan fingerprint density at radius 3 is 2.42 bits per heavy atom. The molecule has 2 N–H and O–H groups in total. The fourth-order valence-electron chi connectivity index (χ4n) is 6.56. The lowest BCUT2D eigenvalue weighted by Gasteiger charge is -2.56. The molecule has 8 heteroatoms. The maximum atomic E-state index is 12.9. The predicted octanol–water partition coefficient (Wildman–Crippen LogP) is 3.11. The lowest BCUT2D eigenvalue weighted by molar-refractivity contribution is -0.142. The van der Waals surface area contributed by atoms with Crippen molar-refractivity contribution in [1.29, 1.82) is 0 Å². The zero-order valence-electron chi connectivity index (χ0n) is 21.2. The molecule has 7 rings (SSSR count). The number of aliphatic hydroxyl groups is 1. The van der Waals surface area contributed by atoms with E-state index in [9.17, 15) is 18.3 Å². The number of aryl methyl sites for hydroxylation is 1. The molecule has 0 spiro atoms. The van der Waals surface area contributed by atoms with Crippen LogP contribution in [0.5, 0.6) is 5.75 Å². The van der Waals surface area contributed by atoms with Gasteiger partial charge in [-0.25, -0.2) is 8.42 Å². The van der Waals surface area contributed by atoms with Gasteiger partial charge in [0.1, 0.15) is 17.4 Å². The summed E-state index contributed by atoms with van der Waals surface area (Å²) < 4.78 is 55.8. The second-order valence-electron chi connectivity index (χ2n) is 9.97. The molecule has 0 atom stereocenters. The quantitative estimate of drug-likeness (QED) is 0.609. The monoisotopic (exact) mass is 471 g/mol. The number of ether oxygens (including phenoxy) is 1. The Morgan fingerprint density at radius 2 is 1.79 bits per heavy atom. The van der Waals surface area contributed by atoms with Crippen LogP contribution in [0.25, 0.3) is 22.0 Å². The minimum atomic E-state index is -3.56. The maximum absolute atomic E-state index is 12.9. The highest BCUT2D eigenvalue weighted by atomic mass is 32.2. The summed E-state index contributed by atoms with van der Waals surface area (Å²) in [4.78, 5) is 15.8. The van der Waals surface area contributed by atoms with Gasteiger partial charge in [0.2, 0.25) is 0 Å². The number of nitrogens with one attached hydrogen (secondary N) is 1. The van der Waals surface area contributed by atoms with E-state index in [1.807, 2.05) is 0 Å². The molecular weight excluding hydrogens is 440 g/mol. The molecule has 33 heavy (non-hydrogen) atoms. The SMILES string of the molecule is [2H]C([2H])([2H])n1cc(-c2cc(S(C)(=O)=O)ccc2OC2C3CC4CC2CC(C3)C4O)c2cc[nH]c2c1=O. The number of aliphatic hydroxyl groups excluding tert-OH is 1. The normalized spacial score (nSPS) is 32.5. The van der Waals surface area contributed by atoms with Crippen LogP contribution in [0, 0.1) is 23.7 Å². The van der Waals surface area contributed by atoms with Gasteiger partial charge in [0.15, 0.2) is 9.84 Å². The number of fused-ring (bicyclic) bond motifs is 1. The van der Waals surface area contributed by atoms with Crippen LogP contribution >= 0.6 is 0 Å². The third-order valence-corrected chi connectivity index (χ3v) is 9.09. The molecule has 0 saturated heterocycles. The smallest absolute Gasteiger partial charge is 0.274 e. The van der Waals surface area contributed by atoms with Gasteiger partial charge in [0.25, 0.3) is 5.56 Å². The average molecular weight is 472 g/mol. The highest BCUT2D eigenvalue weighted by Gasteiger charge is 2.53. The van der Waals surface area contributed by atoms with Crippen molar-refractivity contribution in [3.8, 4) is 16.9 Å². The number of H-pyrrole nitrogens is 1. The first-order valence-corrected chi connectivity index (χ1v) is 13.2. The fourth-order valence-corrected chi connectivity index (χ4v) is 7.21. The second-order valence-corrected chi connectivity index (χ2v) is 12.0. The lowest BCUT2D eigenvalue weighted by atomic mass is 9.53. The van der Waals surface area contributed by atoms with Crippen LogP contribution in [0.4, 0.5) is 0 Å². The van der Waals surface area contributed by atoms with E-state index < -0.39 is 22.4 Å². The van der Waals surface area contributed by atoms with Crippen LogP contribution in [-0.2, 0) is 16.8 Å². The van der Waals surface area contributed by atoms with E-state index in [0.717, 1.165) is 31.9 Å². The number of aromatic nitrogens is 2. The first-order valence-electron chi connectivity index (χ1n) is 12.8. The largest absolute Gasteiger partial charge is 0.489 e. The van der Waals surface area contributed by atoms with Crippen molar-refractivity contribution in [3.05, 3.63) is 47.0 Å². The van der Waals surface area contributed by atoms with Crippen LogP contribution in [0.3, 0.4) is 0 Å². The van der Waals surface area contributed by atoms with E-state index in [2.05, 4.69) is 4.98 Å². The molecule has 2 aromatic heterocycles. The third kappa shape index (κ3) is 3.26. The second kappa shape index (κ2) is 7.21. The number of hydrogen-bond acceptors (Lipinski definition) is 5. The Balaban J connectivity index is 1.51. The van der Waals surface area contributed by atoms with Crippen molar-refractivity contribution in [2.24, 2.45) is 30.6 Å². The average Bonchev–Trinajstić information content (AvgIpc) is 3.28. The van der Waals surface area contributed by atoms with Crippen LogP contribution in [0.1, 0.15) is 29.8 Å². The molecule has 0 aliphatic heterocycles.